The molecular formula is C25H18Cl2N4O2. The largest absolute Gasteiger partial charge is 0.497 e. The normalized spacial score (nSPS) is 18.5. The Balaban J connectivity index is 1.61. The van der Waals surface area contributed by atoms with Gasteiger partial charge in [-0.05, 0) is 53.6 Å². The molecule has 0 spiro atoms. The van der Waals surface area contributed by atoms with Crippen molar-refractivity contribution in [2.45, 2.75) is 12.1 Å². The molecule has 33 heavy (non-hydrogen) atoms. The Morgan fingerprint density at radius 2 is 1.67 bits per heavy atom. The Morgan fingerprint density at radius 3 is 2.42 bits per heavy atom. The summed E-state index contributed by atoms with van der Waals surface area (Å²) in [4.78, 5) is 4.45. The number of ether oxygens (including phenoxy) is 2. The molecule has 2 aliphatic heterocycles. The summed E-state index contributed by atoms with van der Waals surface area (Å²) in [6.07, 6.45) is 1.18. The van der Waals surface area contributed by atoms with Crippen molar-refractivity contribution in [3.63, 3.8) is 0 Å². The Morgan fingerprint density at radius 1 is 0.939 bits per heavy atom. The van der Waals surface area contributed by atoms with E-state index in [0.29, 0.717) is 16.0 Å². The molecule has 164 valence electrons. The lowest BCUT2D eigenvalue weighted by molar-refractivity contribution is 0.223. The molecule has 0 saturated heterocycles. The molecule has 3 heterocycles. The maximum atomic E-state index is 6.60. The van der Waals surface area contributed by atoms with Gasteiger partial charge in [-0.15, -0.1) is 0 Å². The molecule has 6 rings (SSSR count). The number of anilines is 1. The molecule has 0 aliphatic carbocycles. The second-order valence-electron chi connectivity index (χ2n) is 7.85. The van der Waals surface area contributed by atoms with Gasteiger partial charge in [-0.1, -0.05) is 47.5 Å². The van der Waals surface area contributed by atoms with E-state index in [4.69, 9.17) is 32.7 Å². The van der Waals surface area contributed by atoms with Crippen LogP contribution in [0.2, 0.25) is 10.0 Å². The lowest BCUT2D eigenvalue weighted by Crippen LogP contribution is -2.32. The van der Waals surface area contributed by atoms with Crippen LogP contribution in [0.1, 0.15) is 28.8 Å². The zero-order chi connectivity index (χ0) is 22.5. The van der Waals surface area contributed by atoms with Crippen LogP contribution in [0.15, 0.2) is 78.6 Å². The summed E-state index contributed by atoms with van der Waals surface area (Å²) in [6.45, 7) is 0. The highest BCUT2D eigenvalue weighted by atomic mass is 35.5. The number of fused-ring (bicyclic) bond motifs is 3. The Hall–Kier alpha value is -3.48. The molecule has 1 N–H and O–H groups in total. The molecule has 0 saturated carbocycles. The lowest BCUT2D eigenvalue weighted by atomic mass is 9.84. The van der Waals surface area contributed by atoms with Crippen LogP contribution < -0.4 is 14.8 Å². The van der Waals surface area contributed by atoms with Gasteiger partial charge in [-0.25, -0.2) is 4.68 Å². The minimum absolute atomic E-state index is 0.254. The predicted octanol–water partition coefficient (Wildman–Crippen LogP) is 6.15. The smallest absolute Gasteiger partial charge is 0.226 e. The molecule has 0 bridgehead atoms. The summed E-state index contributed by atoms with van der Waals surface area (Å²) in [5.74, 6) is 2.18. The van der Waals surface area contributed by atoms with Crippen molar-refractivity contribution in [2.24, 2.45) is 0 Å². The fraction of sp³-hybridized carbons (Fsp3) is 0.120. The maximum absolute atomic E-state index is 6.60. The first-order chi connectivity index (χ1) is 16.1. The van der Waals surface area contributed by atoms with Crippen LogP contribution in [0.4, 0.5) is 5.95 Å². The fourth-order valence-electron chi connectivity index (χ4n) is 4.46. The molecule has 8 heteroatoms. The van der Waals surface area contributed by atoms with E-state index < -0.39 is 0 Å². The van der Waals surface area contributed by atoms with Crippen LogP contribution in [0.3, 0.4) is 0 Å². The third-order valence-corrected chi connectivity index (χ3v) is 6.47. The molecule has 6 nitrogen and oxygen atoms in total. The second kappa shape index (κ2) is 7.83. The molecule has 1 aromatic heterocycles. The third kappa shape index (κ3) is 3.34. The van der Waals surface area contributed by atoms with Crippen LogP contribution in [0, 0.1) is 0 Å². The molecular weight excluding hydrogens is 459 g/mol. The average molecular weight is 477 g/mol. The van der Waals surface area contributed by atoms with Gasteiger partial charge in [0.1, 0.15) is 30.0 Å². The summed E-state index contributed by atoms with van der Waals surface area (Å²) in [5.41, 5.74) is 4.83. The van der Waals surface area contributed by atoms with Gasteiger partial charge in [0, 0.05) is 21.2 Å². The van der Waals surface area contributed by atoms with E-state index in [1.165, 1.54) is 0 Å². The van der Waals surface area contributed by atoms with Gasteiger partial charge in [0.15, 0.2) is 0 Å². The van der Waals surface area contributed by atoms with Gasteiger partial charge >= 0.3 is 0 Å². The average Bonchev–Trinajstić information content (AvgIpc) is 3.31. The number of nitrogens with one attached hydrogen (secondary N) is 1. The Kier molecular flexibility index (Phi) is 4.78. The van der Waals surface area contributed by atoms with Crippen molar-refractivity contribution in [1.29, 1.82) is 0 Å². The number of methoxy groups -OCH3 is 1. The van der Waals surface area contributed by atoms with Crippen molar-refractivity contribution in [3.8, 4) is 11.5 Å². The highest BCUT2D eigenvalue weighted by Crippen LogP contribution is 2.51. The number of aromatic nitrogens is 3. The highest BCUT2D eigenvalue weighted by molar-refractivity contribution is 6.31. The van der Waals surface area contributed by atoms with Crippen LogP contribution in [0.25, 0.3) is 5.70 Å². The Bertz CT molecular complexity index is 1380. The summed E-state index contributed by atoms with van der Waals surface area (Å²) >= 11 is 12.6. The van der Waals surface area contributed by atoms with Crippen molar-refractivity contribution < 1.29 is 9.47 Å². The van der Waals surface area contributed by atoms with Crippen LogP contribution in [-0.4, -0.2) is 21.9 Å². The summed E-state index contributed by atoms with van der Waals surface area (Å²) < 4.78 is 13.8. The quantitative estimate of drug-likeness (QED) is 0.383. The molecule has 0 amide bonds. The van der Waals surface area contributed by atoms with E-state index in [9.17, 15) is 0 Å². The van der Waals surface area contributed by atoms with Crippen molar-refractivity contribution in [3.05, 3.63) is 105 Å². The van der Waals surface area contributed by atoms with E-state index in [0.717, 1.165) is 39.5 Å². The van der Waals surface area contributed by atoms with Crippen LogP contribution in [0.5, 0.6) is 11.5 Å². The highest BCUT2D eigenvalue weighted by Gasteiger charge is 2.41. The zero-order valence-corrected chi connectivity index (χ0v) is 19.0. The molecule has 0 fully saturated rings. The number of benzene rings is 3. The van der Waals surface area contributed by atoms with E-state index in [1.807, 2.05) is 71.4 Å². The number of rotatable bonds is 3. The molecule has 0 radical (unpaired) electrons. The molecule has 3 aromatic carbocycles. The van der Waals surface area contributed by atoms with Gasteiger partial charge < -0.3 is 14.8 Å². The SMILES string of the molecule is COc1ccc([C@H]2Oc3ccc(Cl)cc3C3=C2[C@H](c2ccc(Cl)cc2)n2ncnc2N3)cc1. The minimum Gasteiger partial charge on any atom is -0.497 e. The van der Waals surface area contributed by atoms with E-state index in [1.54, 1.807) is 13.4 Å². The molecule has 4 aromatic rings. The van der Waals surface area contributed by atoms with E-state index >= 15 is 0 Å². The molecule has 2 atom stereocenters. The number of halogens is 2. The topological polar surface area (TPSA) is 61.2 Å². The second-order valence-corrected chi connectivity index (χ2v) is 8.72. The van der Waals surface area contributed by atoms with Crippen molar-refractivity contribution in [2.75, 3.05) is 12.4 Å². The molecule has 0 unspecified atom stereocenters. The maximum Gasteiger partial charge on any atom is 0.226 e. The van der Waals surface area contributed by atoms with Crippen LogP contribution >= 0.6 is 23.2 Å². The lowest BCUT2D eigenvalue weighted by Gasteiger charge is -2.39. The van der Waals surface area contributed by atoms with Crippen molar-refractivity contribution in [1.82, 2.24) is 14.8 Å². The molecule has 2 aliphatic rings. The van der Waals surface area contributed by atoms with Gasteiger partial charge in [0.05, 0.1) is 12.8 Å². The Labute approximate surface area is 200 Å². The van der Waals surface area contributed by atoms with Gasteiger partial charge in [0.25, 0.3) is 0 Å². The number of hydrogen-bond donors (Lipinski definition) is 1. The summed E-state index contributed by atoms with van der Waals surface area (Å²) in [7, 11) is 1.65. The van der Waals surface area contributed by atoms with Crippen molar-refractivity contribution >= 4 is 34.8 Å². The monoisotopic (exact) mass is 476 g/mol. The minimum atomic E-state index is -0.370. The van der Waals surface area contributed by atoms with Gasteiger partial charge in [-0.2, -0.15) is 10.1 Å². The predicted molar refractivity (Wildman–Crippen MR) is 128 cm³/mol. The van der Waals surface area contributed by atoms with Gasteiger partial charge in [0.2, 0.25) is 5.95 Å². The summed E-state index contributed by atoms with van der Waals surface area (Å²) in [6, 6.07) is 21.1. The first-order valence-corrected chi connectivity index (χ1v) is 11.1. The van der Waals surface area contributed by atoms with Crippen LogP contribution in [-0.2, 0) is 0 Å². The number of nitrogens with zero attached hydrogens (tertiary/aromatic N) is 3. The fourth-order valence-corrected chi connectivity index (χ4v) is 4.76. The van der Waals surface area contributed by atoms with E-state index in [-0.39, 0.29) is 12.1 Å². The number of hydrogen-bond acceptors (Lipinski definition) is 5. The third-order valence-electron chi connectivity index (χ3n) is 5.98. The van der Waals surface area contributed by atoms with E-state index in [2.05, 4.69) is 15.4 Å². The first-order valence-electron chi connectivity index (χ1n) is 10.4. The standard InChI is InChI=1S/C25H18Cl2N4O2/c1-32-18-9-4-15(5-10-18)24-21-22(19-12-17(27)8-11-20(19)33-24)30-25-28-13-29-31(25)23(21)14-2-6-16(26)7-3-14/h2-13,23-24H,1H3,(H,28,29,30)/t23-,24+/m0/s1. The first kappa shape index (κ1) is 20.1. The van der Waals surface area contributed by atoms with Gasteiger partial charge in [-0.3, -0.25) is 0 Å². The summed E-state index contributed by atoms with van der Waals surface area (Å²) in [5, 5.41) is 9.31. The zero-order valence-electron chi connectivity index (χ0n) is 17.5.